The third-order valence-electron chi connectivity index (χ3n) is 4.23. The molecule has 0 bridgehead atoms. The van der Waals surface area contributed by atoms with Crippen molar-refractivity contribution in [2.45, 2.75) is 12.8 Å². The van der Waals surface area contributed by atoms with Crippen molar-refractivity contribution in [2.24, 2.45) is 5.92 Å². The highest BCUT2D eigenvalue weighted by atomic mass is 32.1. The van der Waals surface area contributed by atoms with Crippen LogP contribution in [0.5, 0.6) is 0 Å². The molecule has 1 saturated heterocycles. The molecule has 0 unspecified atom stereocenters. The van der Waals surface area contributed by atoms with Crippen molar-refractivity contribution in [3.05, 3.63) is 42.2 Å². The van der Waals surface area contributed by atoms with Gasteiger partial charge >= 0.3 is 0 Å². The Hall–Kier alpha value is -2.81. The topological polar surface area (TPSA) is 88.8 Å². The maximum absolute atomic E-state index is 12.3. The van der Waals surface area contributed by atoms with Gasteiger partial charge in [-0.15, -0.1) is 21.5 Å². The second kappa shape index (κ2) is 6.98. The maximum Gasteiger partial charge on any atom is 0.229 e. The summed E-state index contributed by atoms with van der Waals surface area (Å²) in [4.78, 5) is 18.5. The van der Waals surface area contributed by atoms with Crippen LogP contribution >= 0.6 is 11.3 Å². The summed E-state index contributed by atoms with van der Waals surface area (Å²) < 4.78 is 1.67. The highest BCUT2D eigenvalue weighted by molar-refractivity contribution is 7.13. The number of hydrogen-bond acceptors (Lipinski definition) is 7. The Morgan fingerprint density at radius 2 is 1.96 bits per heavy atom. The fourth-order valence-electron chi connectivity index (χ4n) is 2.88. The molecule has 25 heavy (non-hydrogen) atoms. The Morgan fingerprint density at radius 1 is 1.16 bits per heavy atom. The zero-order valence-electron chi connectivity index (χ0n) is 13.4. The lowest BCUT2D eigenvalue weighted by atomic mass is 9.96. The lowest BCUT2D eigenvalue weighted by Gasteiger charge is -2.31. The number of piperidine rings is 1. The molecule has 0 atom stereocenters. The lowest BCUT2D eigenvalue weighted by Crippen LogP contribution is -2.38. The molecule has 1 aliphatic heterocycles. The molecule has 0 aliphatic carbocycles. The van der Waals surface area contributed by atoms with E-state index in [9.17, 15) is 4.79 Å². The van der Waals surface area contributed by atoms with Crippen molar-refractivity contribution in [1.29, 1.82) is 0 Å². The molecule has 0 saturated carbocycles. The van der Waals surface area contributed by atoms with E-state index in [1.165, 1.54) is 11.3 Å². The fourth-order valence-corrected chi connectivity index (χ4v) is 3.41. The van der Waals surface area contributed by atoms with Crippen LogP contribution in [0.1, 0.15) is 12.8 Å². The highest BCUT2D eigenvalue weighted by Crippen LogP contribution is 2.23. The Kier molecular flexibility index (Phi) is 4.38. The first-order valence-corrected chi connectivity index (χ1v) is 8.96. The number of nitrogens with one attached hydrogen (secondary N) is 1. The van der Waals surface area contributed by atoms with Crippen LogP contribution in [0.25, 0.3) is 5.82 Å². The highest BCUT2D eigenvalue weighted by Gasteiger charge is 2.26. The normalized spacial score (nSPS) is 15.3. The van der Waals surface area contributed by atoms with Gasteiger partial charge in [-0.05, 0) is 31.0 Å². The summed E-state index contributed by atoms with van der Waals surface area (Å²) >= 11 is 1.43. The standard InChI is InChI=1S/C16H17N7OS/c24-15(19-16-17-7-11-25-16)12-4-9-22(10-5-12)13-2-3-14(21-20-13)23-8-1-6-18-23/h1-3,6-8,11-12H,4-5,9-10H2,(H,17,19,24). The Morgan fingerprint density at radius 3 is 2.60 bits per heavy atom. The first-order valence-electron chi connectivity index (χ1n) is 8.08. The van der Waals surface area contributed by atoms with E-state index in [1.807, 2.05) is 29.8 Å². The molecule has 128 valence electrons. The number of thiazole rings is 1. The minimum atomic E-state index is 0.0106. The minimum absolute atomic E-state index is 0.0106. The molecule has 0 aromatic carbocycles. The van der Waals surface area contributed by atoms with Crippen molar-refractivity contribution in [2.75, 3.05) is 23.3 Å². The van der Waals surface area contributed by atoms with Gasteiger partial charge in [0.15, 0.2) is 16.8 Å². The molecule has 1 amide bonds. The van der Waals surface area contributed by atoms with Gasteiger partial charge in [0.05, 0.1) is 0 Å². The van der Waals surface area contributed by atoms with E-state index >= 15 is 0 Å². The van der Waals surface area contributed by atoms with E-state index in [-0.39, 0.29) is 11.8 Å². The number of hydrogen-bond donors (Lipinski definition) is 1. The predicted octanol–water partition coefficient (Wildman–Crippen LogP) is 1.97. The number of anilines is 2. The zero-order chi connectivity index (χ0) is 17.1. The summed E-state index contributed by atoms with van der Waals surface area (Å²) in [5.74, 6) is 1.58. The Labute approximate surface area is 148 Å². The molecule has 0 radical (unpaired) electrons. The molecule has 3 aromatic heterocycles. The zero-order valence-corrected chi connectivity index (χ0v) is 14.3. The van der Waals surface area contributed by atoms with Gasteiger partial charge < -0.3 is 10.2 Å². The Bertz CT molecular complexity index is 809. The number of carbonyl (C=O) groups excluding carboxylic acids is 1. The quantitative estimate of drug-likeness (QED) is 0.770. The minimum Gasteiger partial charge on any atom is -0.355 e. The van der Waals surface area contributed by atoms with Crippen molar-refractivity contribution in [3.63, 3.8) is 0 Å². The second-order valence-corrected chi connectivity index (χ2v) is 6.68. The van der Waals surface area contributed by atoms with Crippen LogP contribution in [0.2, 0.25) is 0 Å². The molecular formula is C16H17N7OS. The molecule has 1 N–H and O–H groups in total. The van der Waals surface area contributed by atoms with Crippen LogP contribution in [0.15, 0.2) is 42.2 Å². The number of carbonyl (C=O) groups is 1. The van der Waals surface area contributed by atoms with E-state index in [1.54, 1.807) is 17.1 Å². The van der Waals surface area contributed by atoms with E-state index in [2.05, 4.69) is 30.5 Å². The second-order valence-electron chi connectivity index (χ2n) is 5.79. The van der Waals surface area contributed by atoms with Gasteiger partial charge in [-0.3, -0.25) is 4.79 Å². The van der Waals surface area contributed by atoms with Gasteiger partial charge in [0, 0.05) is 43.0 Å². The van der Waals surface area contributed by atoms with Gasteiger partial charge in [-0.1, -0.05) is 0 Å². The van der Waals surface area contributed by atoms with Gasteiger partial charge in [0.25, 0.3) is 0 Å². The van der Waals surface area contributed by atoms with Crippen LogP contribution < -0.4 is 10.2 Å². The summed E-state index contributed by atoms with van der Waals surface area (Å²) in [5.41, 5.74) is 0. The van der Waals surface area contributed by atoms with E-state index in [0.29, 0.717) is 10.9 Å². The van der Waals surface area contributed by atoms with Gasteiger partial charge in [0.1, 0.15) is 0 Å². The summed E-state index contributed by atoms with van der Waals surface area (Å²) in [7, 11) is 0. The lowest BCUT2D eigenvalue weighted by molar-refractivity contribution is -0.120. The molecule has 9 heteroatoms. The first kappa shape index (κ1) is 15.7. The third-order valence-corrected chi connectivity index (χ3v) is 4.92. The predicted molar refractivity (Wildman–Crippen MR) is 94.8 cm³/mol. The third kappa shape index (κ3) is 3.50. The summed E-state index contributed by atoms with van der Waals surface area (Å²) in [6.07, 6.45) is 6.81. The maximum atomic E-state index is 12.3. The molecule has 4 heterocycles. The smallest absolute Gasteiger partial charge is 0.229 e. The van der Waals surface area contributed by atoms with Gasteiger partial charge in [-0.25, -0.2) is 9.67 Å². The molecule has 1 fully saturated rings. The molecule has 8 nitrogen and oxygen atoms in total. The van der Waals surface area contributed by atoms with Gasteiger partial charge in [-0.2, -0.15) is 5.10 Å². The van der Waals surface area contributed by atoms with Gasteiger partial charge in [0.2, 0.25) is 5.91 Å². The van der Waals surface area contributed by atoms with Crippen molar-refractivity contribution in [1.82, 2.24) is 25.0 Å². The van der Waals surface area contributed by atoms with Crippen LogP contribution in [0.3, 0.4) is 0 Å². The average Bonchev–Trinajstić information content (AvgIpc) is 3.36. The van der Waals surface area contributed by atoms with Crippen LogP contribution in [-0.4, -0.2) is 44.0 Å². The summed E-state index contributed by atoms with van der Waals surface area (Å²) in [5, 5.41) is 18.1. The molecular weight excluding hydrogens is 338 g/mol. The Balaban J connectivity index is 1.34. The number of rotatable bonds is 4. The van der Waals surface area contributed by atoms with E-state index in [4.69, 9.17) is 0 Å². The SMILES string of the molecule is O=C(Nc1nccs1)C1CCN(c2ccc(-n3cccn3)nn2)CC1. The summed E-state index contributed by atoms with van der Waals surface area (Å²) in [6, 6.07) is 5.69. The number of aromatic nitrogens is 5. The monoisotopic (exact) mass is 355 g/mol. The fraction of sp³-hybridized carbons (Fsp3) is 0.312. The van der Waals surface area contributed by atoms with Crippen LogP contribution in [0.4, 0.5) is 10.9 Å². The molecule has 3 aromatic rings. The molecule has 1 aliphatic rings. The number of amides is 1. The molecule has 0 spiro atoms. The largest absolute Gasteiger partial charge is 0.355 e. The van der Waals surface area contributed by atoms with Crippen LogP contribution in [0, 0.1) is 5.92 Å². The first-order chi connectivity index (χ1) is 12.3. The average molecular weight is 355 g/mol. The van der Waals surface area contributed by atoms with Crippen molar-refractivity contribution in [3.8, 4) is 5.82 Å². The van der Waals surface area contributed by atoms with Crippen molar-refractivity contribution < 1.29 is 4.79 Å². The van der Waals surface area contributed by atoms with Crippen molar-refractivity contribution >= 4 is 28.2 Å². The molecule has 4 rings (SSSR count). The van der Waals surface area contributed by atoms with E-state index in [0.717, 1.165) is 31.7 Å². The number of nitrogens with zero attached hydrogens (tertiary/aromatic N) is 6. The summed E-state index contributed by atoms with van der Waals surface area (Å²) in [6.45, 7) is 1.57. The van der Waals surface area contributed by atoms with E-state index < -0.39 is 0 Å². The van der Waals surface area contributed by atoms with Crippen LogP contribution in [-0.2, 0) is 4.79 Å².